The van der Waals surface area contributed by atoms with Gasteiger partial charge in [0.25, 0.3) is 0 Å². The highest BCUT2D eigenvalue weighted by atomic mass is 32.2. The number of amides is 2. The van der Waals surface area contributed by atoms with Crippen LogP contribution in [0.1, 0.15) is 30.4 Å². The predicted octanol–water partition coefficient (Wildman–Crippen LogP) is 2.03. The van der Waals surface area contributed by atoms with Crippen LogP contribution in [0.3, 0.4) is 0 Å². The van der Waals surface area contributed by atoms with Gasteiger partial charge in [-0.25, -0.2) is 0 Å². The summed E-state index contributed by atoms with van der Waals surface area (Å²) in [4.78, 5) is 29.8. The minimum atomic E-state index is -0.651. The molecule has 1 aromatic rings. The summed E-state index contributed by atoms with van der Waals surface area (Å²) in [6, 6.07) is 5.94. The van der Waals surface area contributed by atoms with Crippen molar-refractivity contribution >= 4 is 23.6 Å². The SMILES string of the molecule is COc1ccc2c(c1)CCCC21CC(=O)N(CN2CCSCC2)C1=O. The number of rotatable bonds is 3. The number of hydrogen-bond acceptors (Lipinski definition) is 5. The molecule has 0 bridgehead atoms. The second-order valence-corrected chi connectivity index (χ2v) is 8.36. The van der Waals surface area contributed by atoms with E-state index in [9.17, 15) is 9.59 Å². The van der Waals surface area contributed by atoms with E-state index in [4.69, 9.17) is 4.74 Å². The van der Waals surface area contributed by atoms with Crippen molar-refractivity contribution in [3.05, 3.63) is 29.3 Å². The second-order valence-electron chi connectivity index (χ2n) is 7.13. The van der Waals surface area contributed by atoms with E-state index >= 15 is 0 Å². The van der Waals surface area contributed by atoms with E-state index in [0.29, 0.717) is 13.1 Å². The van der Waals surface area contributed by atoms with Crippen molar-refractivity contribution in [2.75, 3.05) is 38.4 Å². The number of carbonyl (C=O) groups excluding carboxylic acids is 2. The van der Waals surface area contributed by atoms with Crippen molar-refractivity contribution in [3.8, 4) is 5.75 Å². The fraction of sp³-hybridized carbons (Fsp3) is 0.579. The van der Waals surface area contributed by atoms with Crippen LogP contribution >= 0.6 is 11.8 Å². The summed E-state index contributed by atoms with van der Waals surface area (Å²) in [6.07, 6.45) is 2.96. The first-order valence-electron chi connectivity index (χ1n) is 8.96. The highest BCUT2D eigenvalue weighted by molar-refractivity contribution is 7.99. The maximum absolute atomic E-state index is 13.3. The average molecular weight is 360 g/mol. The Morgan fingerprint density at radius 3 is 2.80 bits per heavy atom. The summed E-state index contributed by atoms with van der Waals surface area (Å²) in [7, 11) is 1.66. The third-order valence-electron chi connectivity index (χ3n) is 5.73. The summed E-state index contributed by atoms with van der Waals surface area (Å²) < 4.78 is 5.33. The standard InChI is InChI=1S/C19H24N2O3S/c1-24-15-4-5-16-14(11-15)3-2-6-19(16)12-17(22)21(18(19)23)13-20-7-9-25-10-8-20/h4-5,11H,2-3,6-10,12-13H2,1H3. The Morgan fingerprint density at radius 2 is 2.04 bits per heavy atom. The Hall–Kier alpha value is -1.53. The van der Waals surface area contributed by atoms with E-state index in [1.54, 1.807) is 7.11 Å². The monoisotopic (exact) mass is 360 g/mol. The number of imide groups is 1. The van der Waals surface area contributed by atoms with Crippen LogP contribution in [-0.4, -0.2) is 60.0 Å². The summed E-state index contributed by atoms with van der Waals surface area (Å²) in [5.74, 6) is 2.94. The van der Waals surface area contributed by atoms with Gasteiger partial charge < -0.3 is 4.74 Å². The molecule has 25 heavy (non-hydrogen) atoms. The summed E-state index contributed by atoms with van der Waals surface area (Å²) in [5, 5.41) is 0. The first kappa shape index (κ1) is 16.9. The molecule has 1 aromatic carbocycles. The minimum Gasteiger partial charge on any atom is -0.497 e. The van der Waals surface area contributed by atoms with Crippen LogP contribution < -0.4 is 4.74 Å². The van der Waals surface area contributed by atoms with Crippen molar-refractivity contribution in [2.24, 2.45) is 0 Å². The van der Waals surface area contributed by atoms with Crippen LogP contribution in [0.5, 0.6) is 5.75 Å². The van der Waals surface area contributed by atoms with Crippen LogP contribution in [0, 0.1) is 0 Å². The van der Waals surface area contributed by atoms with E-state index in [2.05, 4.69) is 4.90 Å². The van der Waals surface area contributed by atoms with Gasteiger partial charge in [0.2, 0.25) is 11.8 Å². The number of aryl methyl sites for hydroxylation is 1. The Bertz CT molecular complexity index is 702. The molecule has 4 rings (SSSR count). The molecule has 1 aliphatic carbocycles. The van der Waals surface area contributed by atoms with Gasteiger partial charge in [0.15, 0.2) is 0 Å². The van der Waals surface area contributed by atoms with Gasteiger partial charge in [0.05, 0.1) is 19.2 Å². The molecule has 2 heterocycles. The fourth-order valence-electron chi connectivity index (χ4n) is 4.38. The Labute approximate surface area is 152 Å². The first-order chi connectivity index (χ1) is 12.1. The van der Waals surface area contributed by atoms with Crippen LogP contribution in [0.15, 0.2) is 18.2 Å². The Kier molecular flexibility index (Phi) is 4.50. The highest BCUT2D eigenvalue weighted by Gasteiger charge is 2.54. The molecule has 5 nitrogen and oxygen atoms in total. The van der Waals surface area contributed by atoms with E-state index < -0.39 is 5.41 Å². The topological polar surface area (TPSA) is 49.9 Å². The molecule has 3 aliphatic rings. The van der Waals surface area contributed by atoms with Crippen LogP contribution in [-0.2, 0) is 21.4 Å². The number of ether oxygens (including phenoxy) is 1. The van der Waals surface area contributed by atoms with Crippen LogP contribution in [0.25, 0.3) is 0 Å². The summed E-state index contributed by atoms with van der Waals surface area (Å²) in [6.45, 7) is 2.34. The molecule has 134 valence electrons. The molecule has 6 heteroatoms. The minimum absolute atomic E-state index is 0.00171. The van der Waals surface area contributed by atoms with Gasteiger partial charge in [0.1, 0.15) is 5.75 Å². The zero-order chi connectivity index (χ0) is 17.4. The normalized spacial score (nSPS) is 27.0. The third kappa shape index (κ3) is 2.85. The number of carbonyl (C=O) groups is 2. The van der Waals surface area contributed by atoms with Gasteiger partial charge in [-0.3, -0.25) is 19.4 Å². The maximum Gasteiger partial charge on any atom is 0.241 e. The Balaban J connectivity index is 1.63. The fourth-order valence-corrected chi connectivity index (χ4v) is 5.36. The quantitative estimate of drug-likeness (QED) is 0.772. The molecular formula is C19H24N2O3S. The zero-order valence-corrected chi connectivity index (χ0v) is 15.4. The maximum atomic E-state index is 13.3. The molecule has 0 radical (unpaired) electrons. The summed E-state index contributed by atoms with van der Waals surface area (Å²) in [5.41, 5.74) is 1.54. The van der Waals surface area contributed by atoms with Crippen molar-refractivity contribution in [3.63, 3.8) is 0 Å². The largest absolute Gasteiger partial charge is 0.497 e. The Morgan fingerprint density at radius 1 is 1.24 bits per heavy atom. The zero-order valence-electron chi connectivity index (χ0n) is 14.6. The van der Waals surface area contributed by atoms with Crippen LogP contribution in [0.2, 0.25) is 0 Å². The van der Waals surface area contributed by atoms with Gasteiger partial charge in [0, 0.05) is 31.0 Å². The van der Waals surface area contributed by atoms with Crippen molar-refractivity contribution in [1.29, 1.82) is 0 Å². The van der Waals surface area contributed by atoms with Gasteiger partial charge in [-0.15, -0.1) is 0 Å². The molecule has 2 amide bonds. The van der Waals surface area contributed by atoms with Gasteiger partial charge in [-0.2, -0.15) is 11.8 Å². The van der Waals surface area contributed by atoms with E-state index in [0.717, 1.165) is 60.7 Å². The molecule has 0 N–H and O–H groups in total. The molecule has 1 unspecified atom stereocenters. The number of hydrogen-bond donors (Lipinski definition) is 0. The lowest BCUT2D eigenvalue weighted by Crippen LogP contribution is -2.47. The van der Waals surface area contributed by atoms with Crippen molar-refractivity contribution in [2.45, 2.75) is 31.1 Å². The van der Waals surface area contributed by atoms with Crippen LogP contribution in [0.4, 0.5) is 0 Å². The smallest absolute Gasteiger partial charge is 0.241 e. The molecular weight excluding hydrogens is 336 g/mol. The molecule has 2 saturated heterocycles. The second kappa shape index (κ2) is 6.65. The highest BCUT2D eigenvalue weighted by Crippen LogP contribution is 2.46. The number of benzene rings is 1. The number of fused-ring (bicyclic) bond motifs is 2. The average Bonchev–Trinajstić information content (AvgIpc) is 2.87. The third-order valence-corrected chi connectivity index (χ3v) is 6.67. The lowest BCUT2D eigenvalue weighted by Gasteiger charge is -2.35. The first-order valence-corrected chi connectivity index (χ1v) is 10.1. The molecule has 2 fully saturated rings. The number of nitrogens with zero attached hydrogens (tertiary/aromatic N) is 2. The van der Waals surface area contributed by atoms with Crippen molar-refractivity contribution < 1.29 is 14.3 Å². The van der Waals surface area contributed by atoms with E-state index in [1.807, 2.05) is 30.0 Å². The van der Waals surface area contributed by atoms with Gasteiger partial charge >= 0.3 is 0 Å². The summed E-state index contributed by atoms with van der Waals surface area (Å²) >= 11 is 1.93. The molecule has 0 saturated carbocycles. The number of thioether (sulfide) groups is 1. The van der Waals surface area contributed by atoms with Gasteiger partial charge in [-0.1, -0.05) is 6.07 Å². The number of likely N-dealkylation sites (tertiary alicyclic amines) is 1. The molecule has 0 aromatic heterocycles. The predicted molar refractivity (Wildman–Crippen MR) is 97.8 cm³/mol. The van der Waals surface area contributed by atoms with E-state index in [-0.39, 0.29) is 11.8 Å². The van der Waals surface area contributed by atoms with E-state index in [1.165, 1.54) is 4.90 Å². The molecule has 1 spiro atoms. The van der Waals surface area contributed by atoms with Crippen molar-refractivity contribution in [1.82, 2.24) is 9.80 Å². The molecule has 1 atom stereocenters. The lowest BCUT2D eigenvalue weighted by molar-refractivity contribution is -0.142. The lowest BCUT2D eigenvalue weighted by atomic mass is 9.69. The molecule has 2 aliphatic heterocycles. The van der Waals surface area contributed by atoms with Gasteiger partial charge in [-0.05, 0) is 42.5 Å². The number of methoxy groups -OCH3 is 1.